The lowest BCUT2D eigenvalue weighted by Gasteiger charge is -2.11. The highest BCUT2D eigenvalue weighted by Gasteiger charge is 2.29. The van der Waals surface area contributed by atoms with Crippen molar-refractivity contribution in [2.75, 3.05) is 5.73 Å². The molecule has 100 valence electrons. The molecule has 0 saturated carbocycles. The van der Waals surface area contributed by atoms with Crippen LogP contribution in [-0.2, 0) is 6.18 Å². The first-order valence-electron chi connectivity index (χ1n) is 5.83. The third kappa shape index (κ3) is 2.72. The Bertz CT molecular complexity index is 575. The smallest absolute Gasteiger partial charge is 0.398 e. The van der Waals surface area contributed by atoms with Gasteiger partial charge in [0.05, 0.1) is 5.56 Å². The van der Waals surface area contributed by atoms with Crippen LogP contribution in [0.2, 0.25) is 0 Å². The van der Waals surface area contributed by atoms with E-state index in [0.717, 1.165) is 40.1 Å². The van der Waals surface area contributed by atoms with E-state index in [4.69, 9.17) is 5.73 Å². The molecule has 0 aliphatic heterocycles. The molecule has 0 fully saturated rings. The predicted molar refractivity (Wildman–Crippen MR) is 70.8 cm³/mol. The Hall–Kier alpha value is -1.97. The van der Waals surface area contributed by atoms with Crippen molar-refractivity contribution in [3.05, 3.63) is 53.1 Å². The second-order valence-electron chi connectivity index (χ2n) is 4.60. The number of benzene rings is 2. The maximum atomic E-state index is 12.5. The van der Waals surface area contributed by atoms with Gasteiger partial charge in [0.1, 0.15) is 0 Å². The van der Waals surface area contributed by atoms with Crippen LogP contribution in [0, 0.1) is 13.8 Å². The molecule has 2 aromatic carbocycles. The number of anilines is 1. The van der Waals surface area contributed by atoms with Crippen molar-refractivity contribution in [3.63, 3.8) is 0 Å². The van der Waals surface area contributed by atoms with E-state index in [-0.39, 0.29) is 0 Å². The van der Waals surface area contributed by atoms with Crippen LogP contribution < -0.4 is 5.73 Å². The average molecular weight is 265 g/mol. The van der Waals surface area contributed by atoms with Gasteiger partial charge in [-0.15, -0.1) is 0 Å². The van der Waals surface area contributed by atoms with Gasteiger partial charge in [-0.3, -0.25) is 0 Å². The van der Waals surface area contributed by atoms with Gasteiger partial charge in [0.15, 0.2) is 0 Å². The van der Waals surface area contributed by atoms with Gasteiger partial charge in [-0.25, -0.2) is 0 Å². The fraction of sp³-hybridized carbons (Fsp3) is 0.200. The van der Waals surface area contributed by atoms with Crippen molar-refractivity contribution in [2.45, 2.75) is 20.0 Å². The van der Waals surface area contributed by atoms with Crippen LogP contribution in [0.5, 0.6) is 0 Å². The number of hydrogen-bond acceptors (Lipinski definition) is 1. The van der Waals surface area contributed by atoms with Gasteiger partial charge in [-0.1, -0.05) is 12.1 Å². The fourth-order valence-corrected chi connectivity index (χ4v) is 1.99. The van der Waals surface area contributed by atoms with Crippen LogP contribution >= 0.6 is 0 Å². The van der Waals surface area contributed by atoms with Gasteiger partial charge in [0, 0.05) is 5.69 Å². The van der Waals surface area contributed by atoms with Crippen molar-refractivity contribution >= 4 is 5.69 Å². The summed E-state index contributed by atoms with van der Waals surface area (Å²) < 4.78 is 37.5. The minimum absolute atomic E-state index is 0.639. The molecule has 2 aromatic rings. The van der Waals surface area contributed by atoms with Gasteiger partial charge in [0.2, 0.25) is 0 Å². The Morgan fingerprint density at radius 3 is 1.74 bits per heavy atom. The van der Waals surface area contributed by atoms with E-state index in [2.05, 4.69) is 0 Å². The zero-order valence-electron chi connectivity index (χ0n) is 10.7. The molecule has 0 aliphatic carbocycles. The molecule has 2 N–H and O–H groups in total. The molecule has 1 nitrogen and oxygen atoms in total. The number of hydrogen-bond donors (Lipinski definition) is 1. The summed E-state index contributed by atoms with van der Waals surface area (Å²) in [6.07, 6.45) is -4.30. The number of rotatable bonds is 1. The summed E-state index contributed by atoms with van der Waals surface area (Å²) in [4.78, 5) is 0. The Morgan fingerprint density at radius 2 is 1.32 bits per heavy atom. The fourth-order valence-electron chi connectivity index (χ4n) is 1.99. The second kappa shape index (κ2) is 4.61. The molecule has 0 amide bonds. The number of halogens is 3. The molecule has 19 heavy (non-hydrogen) atoms. The minimum Gasteiger partial charge on any atom is -0.398 e. The first-order chi connectivity index (χ1) is 8.79. The molecule has 0 atom stereocenters. The lowest BCUT2D eigenvalue weighted by Crippen LogP contribution is -2.04. The number of alkyl halides is 3. The van der Waals surface area contributed by atoms with E-state index in [1.54, 1.807) is 0 Å². The van der Waals surface area contributed by atoms with Gasteiger partial charge in [-0.05, 0) is 60.4 Å². The Balaban J connectivity index is 2.43. The van der Waals surface area contributed by atoms with Crippen molar-refractivity contribution in [2.24, 2.45) is 0 Å². The Labute approximate surface area is 109 Å². The summed E-state index contributed by atoms with van der Waals surface area (Å²) >= 11 is 0. The van der Waals surface area contributed by atoms with Crippen molar-refractivity contribution < 1.29 is 13.2 Å². The van der Waals surface area contributed by atoms with Crippen LogP contribution in [0.15, 0.2) is 36.4 Å². The summed E-state index contributed by atoms with van der Waals surface area (Å²) in [5, 5.41) is 0. The van der Waals surface area contributed by atoms with Crippen LogP contribution in [0.3, 0.4) is 0 Å². The van der Waals surface area contributed by atoms with Gasteiger partial charge in [0.25, 0.3) is 0 Å². The summed E-state index contributed by atoms with van der Waals surface area (Å²) in [5.41, 5.74) is 9.41. The van der Waals surface area contributed by atoms with Crippen molar-refractivity contribution in [1.82, 2.24) is 0 Å². The van der Waals surface area contributed by atoms with Gasteiger partial charge in [-0.2, -0.15) is 13.2 Å². The molecular weight excluding hydrogens is 251 g/mol. The lowest BCUT2D eigenvalue weighted by atomic mass is 9.98. The molecule has 0 aliphatic rings. The largest absolute Gasteiger partial charge is 0.416 e. The molecule has 0 bridgehead atoms. The van der Waals surface area contributed by atoms with Gasteiger partial charge >= 0.3 is 6.18 Å². The van der Waals surface area contributed by atoms with E-state index in [1.807, 2.05) is 26.0 Å². The molecule has 0 aromatic heterocycles. The Morgan fingerprint density at radius 1 is 0.842 bits per heavy atom. The highest BCUT2D eigenvalue weighted by Crippen LogP contribution is 2.32. The SMILES string of the molecule is Cc1cc(-c2ccc(C(F)(F)F)cc2)cc(C)c1N. The molecule has 2 rings (SSSR count). The van der Waals surface area contributed by atoms with Crippen molar-refractivity contribution in [3.8, 4) is 11.1 Å². The van der Waals surface area contributed by atoms with E-state index in [9.17, 15) is 13.2 Å². The van der Waals surface area contributed by atoms with Crippen LogP contribution in [0.4, 0.5) is 18.9 Å². The van der Waals surface area contributed by atoms with Crippen molar-refractivity contribution in [1.29, 1.82) is 0 Å². The maximum Gasteiger partial charge on any atom is 0.416 e. The first-order valence-corrected chi connectivity index (χ1v) is 5.83. The molecule has 0 spiro atoms. The van der Waals surface area contributed by atoms with E-state index in [1.165, 1.54) is 12.1 Å². The molecule has 0 radical (unpaired) electrons. The summed E-state index contributed by atoms with van der Waals surface area (Å²) in [5.74, 6) is 0. The quantitative estimate of drug-likeness (QED) is 0.751. The summed E-state index contributed by atoms with van der Waals surface area (Å²) in [6, 6.07) is 8.91. The normalized spacial score (nSPS) is 11.6. The number of aryl methyl sites for hydroxylation is 2. The van der Waals surface area contributed by atoms with Crippen LogP contribution in [-0.4, -0.2) is 0 Å². The maximum absolute atomic E-state index is 12.5. The third-order valence-corrected chi connectivity index (χ3v) is 3.14. The monoisotopic (exact) mass is 265 g/mol. The summed E-state index contributed by atoms with van der Waals surface area (Å²) in [6.45, 7) is 3.77. The molecular formula is C15H14F3N. The highest BCUT2D eigenvalue weighted by atomic mass is 19.4. The predicted octanol–water partition coefficient (Wildman–Crippen LogP) is 4.57. The first kappa shape index (κ1) is 13.5. The van der Waals surface area contributed by atoms with E-state index < -0.39 is 11.7 Å². The minimum atomic E-state index is -4.30. The molecule has 0 unspecified atom stereocenters. The Kier molecular flexibility index (Phi) is 3.27. The van der Waals surface area contributed by atoms with E-state index in [0.29, 0.717) is 0 Å². The van der Waals surface area contributed by atoms with Crippen LogP contribution in [0.1, 0.15) is 16.7 Å². The topological polar surface area (TPSA) is 26.0 Å². The third-order valence-electron chi connectivity index (χ3n) is 3.14. The van der Waals surface area contributed by atoms with E-state index >= 15 is 0 Å². The molecule has 0 heterocycles. The zero-order valence-corrected chi connectivity index (χ0v) is 10.7. The number of nitrogen functional groups attached to an aromatic ring is 1. The van der Waals surface area contributed by atoms with Gasteiger partial charge < -0.3 is 5.73 Å². The summed E-state index contributed by atoms with van der Waals surface area (Å²) in [7, 11) is 0. The zero-order chi connectivity index (χ0) is 14.2. The van der Waals surface area contributed by atoms with Crippen LogP contribution in [0.25, 0.3) is 11.1 Å². The second-order valence-corrected chi connectivity index (χ2v) is 4.60. The lowest BCUT2D eigenvalue weighted by molar-refractivity contribution is -0.137. The molecule has 4 heteroatoms. The molecule has 0 saturated heterocycles. The average Bonchev–Trinajstić information content (AvgIpc) is 2.34. The highest BCUT2D eigenvalue weighted by molar-refractivity contribution is 5.70. The number of nitrogens with two attached hydrogens (primary N) is 1. The standard InChI is InChI=1S/C15H14F3N/c1-9-7-12(8-10(2)14(9)19)11-3-5-13(6-4-11)15(16,17)18/h3-8H,19H2,1-2H3.